The van der Waals surface area contributed by atoms with Crippen LogP contribution in [-0.2, 0) is 11.3 Å². The molecule has 0 aliphatic carbocycles. The number of hydrogen-bond donors (Lipinski definition) is 2. The molecule has 0 unspecified atom stereocenters. The lowest BCUT2D eigenvalue weighted by atomic mass is 10.2. The number of pyridine rings is 1. The van der Waals surface area contributed by atoms with Gasteiger partial charge in [0.1, 0.15) is 0 Å². The van der Waals surface area contributed by atoms with Gasteiger partial charge in [-0.25, -0.2) is 9.37 Å². The van der Waals surface area contributed by atoms with Crippen LogP contribution in [0, 0.1) is 5.82 Å². The summed E-state index contributed by atoms with van der Waals surface area (Å²) in [6.07, 6.45) is 1.60. The van der Waals surface area contributed by atoms with Crippen LogP contribution >= 0.6 is 0 Å². The minimum atomic E-state index is -0.292. The monoisotopic (exact) mass is 227 g/mol. The molecule has 0 aliphatic rings. The van der Waals surface area contributed by atoms with Gasteiger partial charge in [0.25, 0.3) is 0 Å². The van der Waals surface area contributed by atoms with E-state index in [1.807, 2.05) is 6.92 Å². The van der Waals surface area contributed by atoms with Crippen molar-refractivity contribution in [2.45, 2.75) is 13.5 Å². The van der Waals surface area contributed by atoms with Gasteiger partial charge < -0.3 is 15.4 Å². The van der Waals surface area contributed by atoms with Gasteiger partial charge in [0.15, 0.2) is 11.6 Å². The summed E-state index contributed by atoms with van der Waals surface area (Å²) in [6, 6.07) is 1.68. The molecule has 1 aromatic rings. The van der Waals surface area contributed by atoms with Gasteiger partial charge in [0, 0.05) is 32.0 Å². The maximum atomic E-state index is 13.8. The molecule has 0 fully saturated rings. The van der Waals surface area contributed by atoms with E-state index in [1.165, 1.54) is 0 Å². The second-order valence-electron chi connectivity index (χ2n) is 3.33. The first-order valence-electron chi connectivity index (χ1n) is 5.36. The van der Waals surface area contributed by atoms with Crippen molar-refractivity contribution in [3.63, 3.8) is 0 Å². The number of aromatic nitrogens is 1. The standard InChI is InChI=1S/C11H18FN3O/c1-3-13-8-9-4-5-14-11(10(9)12)15-6-7-16-2/h4-5,13H,3,6-8H2,1-2H3,(H,14,15). The van der Waals surface area contributed by atoms with E-state index in [0.29, 0.717) is 25.3 Å². The second-order valence-corrected chi connectivity index (χ2v) is 3.33. The smallest absolute Gasteiger partial charge is 0.169 e. The third-order valence-electron chi connectivity index (χ3n) is 2.13. The molecule has 0 radical (unpaired) electrons. The van der Waals surface area contributed by atoms with Crippen molar-refractivity contribution in [2.24, 2.45) is 0 Å². The van der Waals surface area contributed by atoms with E-state index in [9.17, 15) is 4.39 Å². The third-order valence-corrected chi connectivity index (χ3v) is 2.13. The summed E-state index contributed by atoms with van der Waals surface area (Å²) in [5.41, 5.74) is 0.622. The van der Waals surface area contributed by atoms with Gasteiger partial charge in [-0.05, 0) is 12.6 Å². The minimum absolute atomic E-state index is 0.285. The number of nitrogens with one attached hydrogen (secondary N) is 2. The van der Waals surface area contributed by atoms with Crippen LogP contribution < -0.4 is 10.6 Å². The van der Waals surface area contributed by atoms with Gasteiger partial charge >= 0.3 is 0 Å². The van der Waals surface area contributed by atoms with Crippen LogP contribution in [0.2, 0.25) is 0 Å². The maximum Gasteiger partial charge on any atom is 0.169 e. The molecule has 0 spiro atoms. The molecule has 90 valence electrons. The maximum absolute atomic E-state index is 13.8. The van der Waals surface area contributed by atoms with Gasteiger partial charge in [0.2, 0.25) is 0 Å². The molecule has 0 atom stereocenters. The molecule has 5 heteroatoms. The van der Waals surface area contributed by atoms with Crippen LogP contribution in [0.5, 0.6) is 0 Å². The summed E-state index contributed by atoms with van der Waals surface area (Å²) < 4.78 is 18.7. The number of rotatable bonds is 7. The molecule has 16 heavy (non-hydrogen) atoms. The SMILES string of the molecule is CCNCc1ccnc(NCCOC)c1F. The van der Waals surface area contributed by atoms with Crippen molar-refractivity contribution in [3.8, 4) is 0 Å². The van der Waals surface area contributed by atoms with Gasteiger partial charge in [-0.1, -0.05) is 6.92 Å². The number of anilines is 1. The van der Waals surface area contributed by atoms with Crippen molar-refractivity contribution in [1.82, 2.24) is 10.3 Å². The van der Waals surface area contributed by atoms with E-state index in [4.69, 9.17) is 4.74 Å². The Labute approximate surface area is 95.2 Å². The number of hydrogen-bond acceptors (Lipinski definition) is 4. The summed E-state index contributed by atoms with van der Waals surface area (Å²) in [5, 5.41) is 5.97. The first-order valence-corrected chi connectivity index (χ1v) is 5.36. The molecule has 1 aromatic heterocycles. The third kappa shape index (κ3) is 3.75. The topological polar surface area (TPSA) is 46.2 Å². The van der Waals surface area contributed by atoms with E-state index < -0.39 is 0 Å². The molecule has 0 saturated carbocycles. The Balaban J connectivity index is 2.62. The molecule has 0 amide bonds. The number of halogens is 1. The zero-order valence-electron chi connectivity index (χ0n) is 9.72. The van der Waals surface area contributed by atoms with E-state index in [0.717, 1.165) is 6.54 Å². The summed E-state index contributed by atoms with van der Waals surface area (Å²) in [7, 11) is 1.60. The van der Waals surface area contributed by atoms with Crippen LogP contribution in [0.3, 0.4) is 0 Å². The number of nitrogens with zero attached hydrogens (tertiary/aromatic N) is 1. The van der Waals surface area contributed by atoms with Crippen LogP contribution in [0.25, 0.3) is 0 Å². The molecular weight excluding hydrogens is 209 g/mol. The van der Waals surface area contributed by atoms with Gasteiger partial charge in [-0.15, -0.1) is 0 Å². The van der Waals surface area contributed by atoms with Crippen molar-refractivity contribution < 1.29 is 9.13 Å². The van der Waals surface area contributed by atoms with Crippen molar-refractivity contribution in [3.05, 3.63) is 23.6 Å². The van der Waals surface area contributed by atoms with E-state index in [1.54, 1.807) is 19.4 Å². The van der Waals surface area contributed by atoms with Crippen molar-refractivity contribution >= 4 is 5.82 Å². The number of ether oxygens (including phenoxy) is 1. The average molecular weight is 227 g/mol. The second kappa shape index (κ2) is 7.14. The highest BCUT2D eigenvalue weighted by atomic mass is 19.1. The zero-order chi connectivity index (χ0) is 11.8. The number of methoxy groups -OCH3 is 1. The summed E-state index contributed by atoms with van der Waals surface area (Å²) in [6.45, 7) is 4.39. The Morgan fingerprint density at radius 2 is 2.31 bits per heavy atom. The quantitative estimate of drug-likeness (QED) is 0.691. The first kappa shape index (κ1) is 12.9. The Hall–Kier alpha value is -1.20. The first-order chi connectivity index (χ1) is 7.79. The average Bonchev–Trinajstić information content (AvgIpc) is 2.30. The highest BCUT2D eigenvalue weighted by Crippen LogP contribution is 2.14. The van der Waals surface area contributed by atoms with Crippen LogP contribution in [0.1, 0.15) is 12.5 Å². The normalized spacial score (nSPS) is 10.4. The zero-order valence-corrected chi connectivity index (χ0v) is 9.72. The molecule has 4 nitrogen and oxygen atoms in total. The summed E-state index contributed by atoms with van der Waals surface area (Å²) in [4.78, 5) is 3.95. The Bertz CT molecular complexity index is 320. The lowest BCUT2D eigenvalue weighted by Crippen LogP contribution is -2.15. The summed E-state index contributed by atoms with van der Waals surface area (Å²) in [5.74, 6) is -0.00740. The highest BCUT2D eigenvalue weighted by Gasteiger charge is 2.07. The Kier molecular flexibility index (Phi) is 5.74. The molecule has 0 saturated heterocycles. The lowest BCUT2D eigenvalue weighted by molar-refractivity contribution is 0.210. The van der Waals surface area contributed by atoms with Gasteiger partial charge in [-0.2, -0.15) is 0 Å². The fourth-order valence-electron chi connectivity index (χ4n) is 1.27. The van der Waals surface area contributed by atoms with Crippen LogP contribution in [0.15, 0.2) is 12.3 Å². The lowest BCUT2D eigenvalue weighted by Gasteiger charge is -2.09. The molecule has 0 bridgehead atoms. The van der Waals surface area contributed by atoms with Crippen molar-refractivity contribution in [1.29, 1.82) is 0 Å². The summed E-state index contributed by atoms with van der Waals surface area (Å²) >= 11 is 0. The molecule has 2 N–H and O–H groups in total. The Morgan fingerprint density at radius 1 is 1.50 bits per heavy atom. The van der Waals surface area contributed by atoms with Crippen LogP contribution in [0.4, 0.5) is 10.2 Å². The van der Waals surface area contributed by atoms with E-state index in [-0.39, 0.29) is 11.6 Å². The highest BCUT2D eigenvalue weighted by molar-refractivity contribution is 5.39. The predicted octanol–water partition coefficient (Wildman–Crippen LogP) is 1.39. The largest absolute Gasteiger partial charge is 0.383 e. The molecule has 1 rings (SSSR count). The molecule has 0 aromatic carbocycles. The van der Waals surface area contributed by atoms with Crippen molar-refractivity contribution in [2.75, 3.05) is 32.1 Å². The van der Waals surface area contributed by atoms with Gasteiger partial charge in [0.05, 0.1) is 6.61 Å². The predicted molar refractivity (Wildman–Crippen MR) is 61.9 cm³/mol. The molecule has 1 heterocycles. The minimum Gasteiger partial charge on any atom is -0.383 e. The molecular formula is C11H18FN3O. The fourth-order valence-corrected chi connectivity index (χ4v) is 1.27. The van der Waals surface area contributed by atoms with E-state index >= 15 is 0 Å². The van der Waals surface area contributed by atoms with Gasteiger partial charge in [-0.3, -0.25) is 0 Å². The van der Waals surface area contributed by atoms with E-state index in [2.05, 4.69) is 15.6 Å². The Morgan fingerprint density at radius 3 is 3.00 bits per heavy atom. The van der Waals surface area contributed by atoms with Crippen LogP contribution in [-0.4, -0.2) is 31.8 Å². The molecule has 0 aliphatic heterocycles. The fraction of sp³-hybridized carbons (Fsp3) is 0.545.